The molecule has 2 aliphatic rings. The standard InChI is InChI=1S/C26H29NO7/c1-3-4-11-32-19-7-5-6-17(15-19)23-22(25(29)26(30)27(23)10-12-31-2)24(28)18-8-9-20-21(16-18)34-14-13-33-20/h5-9,15-16,23,28H,3-4,10-14H2,1-2H3/b24-22+/t23-/m1/s1. The summed E-state index contributed by atoms with van der Waals surface area (Å²) in [7, 11) is 1.53. The highest BCUT2D eigenvalue weighted by molar-refractivity contribution is 6.46. The molecule has 2 aliphatic heterocycles. The summed E-state index contributed by atoms with van der Waals surface area (Å²) < 4.78 is 22.2. The molecule has 0 aliphatic carbocycles. The Balaban J connectivity index is 1.77. The summed E-state index contributed by atoms with van der Waals surface area (Å²) in [5.41, 5.74) is 1.06. The quantitative estimate of drug-likeness (QED) is 0.260. The zero-order valence-corrected chi connectivity index (χ0v) is 19.4. The topological polar surface area (TPSA) is 94.5 Å². The molecule has 2 aromatic carbocycles. The predicted molar refractivity (Wildman–Crippen MR) is 125 cm³/mol. The number of benzene rings is 2. The van der Waals surface area contributed by atoms with Crippen LogP contribution in [0.25, 0.3) is 5.76 Å². The van der Waals surface area contributed by atoms with Crippen molar-refractivity contribution in [1.29, 1.82) is 0 Å². The summed E-state index contributed by atoms with van der Waals surface area (Å²) in [5.74, 6) is -0.00648. The Labute approximate surface area is 198 Å². The van der Waals surface area contributed by atoms with Gasteiger partial charge in [0.15, 0.2) is 11.5 Å². The molecular weight excluding hydrogens is 438 g/mol. The van der Waals surface area contributed by atoms with Crippen LogP contribution in [0.2, 0.25) is 0 Å². The van der Waals surface area contributed by atoms with Crippen LogP contribution in [0.3, 0.4) is 0 Å². The number of hydrogen-bond acceptors (Lipinski definition) is 7. The number of fused-ring (bicyclic) bond motifs is 1. The maximum absolute atomic E-state index is 13.1. The first-order chi connectivity index (χ1) is 16.5. The SMILES string of the molecule is CCCCOc1cccc([C@@H]2/C(=C(\O)c3ccc4c(c3)OCCO4)C(=O)C(=O)N2CCOC)c1. The van der Waals surface area contributed by atoms with Gasteiger partial charge < -0.3 is 29.0 Å². The van der Waals surface area contributed by atoms with Crippen LogP contribution in [0.1, 0.15) is 36.9 Å². The van der Waals surface area contributed by atoms with Gasteiger partial charge >= 0.3 is 0 Å². The van der Waals surface area contributed by atoms with Gasteiger partial charge in [0.05, 0.1) is 24.8 Å². The number of carbonyl (C=O) groups is 2. The number of nitrogens with zero attached hydrogens (tertiary/aromatic N) is 1. The van der Waals surface area contributed by atoms with E-state index in [-0.39, 0.29) is 24.5 Å². The van der Waals surface area contributed by atoms with Crippen LogP contribution in [0.15, 0.2) is 48.0 Å². The van der Waals surface area contributed by atoms with E-state index in [2.05, 4.69) is 6.92 Å². The van der Waals surface area contributed by atoms with Crippen LogP contribution in [-0.2, 0) is 14.3 Å². The Bertz CT molecular complexity index is 1090. The maximum atomic E-state index is 13.1. The molecule has 1 saturated heterocycles. The molecule has 180 valence electrons. The van der Waals surface area contributed by atoms with E-state index in [4.69, 9.17) is 18.9 Å². The molecule has 0 bridgehead atoms. The Morgan fingerprint density at radius 2 is 1.88 bits per heavy atom. The molecule has 4 rings (SSSR count). The second-order valence-electron chi connectivity index (χ2n) is 8.12. The van der Waals surface area contributed by atoms with Crippen molar-refractivity contribution in [3.8, 4) is 17.2 Å². The minimum Gasteiger partial charge on any atom is -0.507 e. The van der Waals surface area contributed by atoms with E-state index in [1.54, 1.807) is 18.2 Å². The van der Waals surface area contributed by atoms with Crippen molar-refractivity contribution in [2.75, 3.05) is 40.1 Å². The molecule has 0 radical (unpaired) electrons. The Morgan fingerprint density at radius 3 is 2.65 bits per heavy atom. The van der Waals surface area contributed by atoms with Gasteiger partial charge in [-0.3, -0.25) is 9.59 Å². The summed E-state index contributed by atoms with van der Waals surface area (Å²) in [5, 5.41) is 11.2. The van der Waals surface area contributed by atoms with Gasteiger partial charge in [0, 0.05) is 19.2 Å². The molecule has 34 heavy (non-hydrogen) atoms. The fraction of sp³-hybridized carbons (Fsp3) is 0.385. The molecule has 2 aromatic rings. The lowest BCUT2D eigenvalue weighted by atomic mass is 9.95. The smallest absolute Gasteiger partial charge is 0.295 e. The van der Waals surface area contributed by atoms with Crippen LogP contribution in [0.5, 0.6) is 17.2 Å². The van der Waals surface area contributed by atoms with Crippen LogP contribution >= 0.6 is 0 Å². The van der Waals surface area contributed by atoms with Crippen LogP contribution in [0.4, 0.5) is 0 Å². The zero-order valence-electron chi connectivity index (χ0n) is 19.4. The minimum absolute atomic E-state index is 0.0171. The molecule has 1 amide bonds. The molecular formula is C26H29NO7. The van der Waals surface area contributed by atoms with Gasteiger partial charge in [-0.2, -0.15) is 0 Å². The first-order valence-corrected chi connectivity index (χ1v) is 11.4. The maximum Gasteiger partial charge on any atom is 0.295 e. The summed E-state index contributed by atoms with van der Waals surface area (Å²) >= 11 is 0. The van der Waals surface area contributed by atoms with E-state index >= 15 is 0 Å². The van der Waals surface area contributed by atoms with Crippen molar-refractivity contribution >= 4 is 17.4 Å². The number of aliphatic hydroxyl groups is 1. The molecule has 0 unspecified atom stereocenters. The van der Waals surface area contributed by atoms with Crippen LogP contribution in [-0.4, -0.2) is 61.8 Å². The number of rotatable bonds is 9. The summed E-state index contributed by atoms with van der Waals surface area (Å²) in [6.45, 7) is 3.94. The largest absolute Gasteiger partial charge is 0.507 e. The van der Waals surface area contributed by atoms with Crippen LogP contribution in [0, 0.1) is 0 Å². The number of carbonyl (C=O) groups excluding carboxylic acids is 2. The molecule has 1 atom stereocenters. The summed E-state index contributed by atoms with van der Waals surface area (Å²) in [6, 6.07) is 11.4. The van der Waals surface area contributed by atoms with Crippen molar-refractivity contribution in [1.82, 2.24) is 4.90 Å². The molecule has 2 heterocycles. The molecule has 0 aromatic heterocycles. The van der Waals surface area contributed by atoms with Gasteiger partial charge in [-0.25, -0.2) is 0 Å². The van der Waals surface area contributed by atoms with Crippen molar-refractivity contribution in [2.45, 2.75) is 25.8 Å². The monoisotopic (exact) mass is 467 g/mol. The number of likely N-dealkylation sites (tertiary alicyclic amines) is 1. The minimum atomic E-state index is -0.780. The van der Waals surface area contributed by atoms with E-state index in [0.717, 1.165) is 12.8 Å². The van der Waals surface area contributed by atoms with E-state index < -0.39 is 17.7 Å². The van der Waals surface area contributed by atoms with E-state index in [1.165, 1.54) is 12.0 Å². The molecule has 1 fully saturated rings. The van der Waals surface area contributed by atoms with Crippen molar-refractivity contribution < 1.29 is 33.6 Å². The van der Waals surface area contributed by atoms with Gasteiger partial charge in [-0.15, -0.1) is 0 Å². The van der Waals surface area contributed by atoms with Gasteiger partial charge in [-0.1, -0.05) is 25.5 Å². The number of ketones is 1. The van der Waals surface area contributed by atoms with E-state index in [9.17, 15) is 14.7 Å². The number of ether oxygens (including phenoxy) is 4. The molecule has 0 spiro atoms. The Hall–Kier alpha value is -3.52. The number of unbranched alkanes of at least 4 members (excludes halogenated alkanes) is 1. The number of amides is 1. The second-order valence-corrected chi connectivity index (χ2v) is 8.12. The first-order valence-electron chi connectivity index (χ1n) is 11.4. The lowest BCUT2D eigenvalue weighted by Gasteiger charge is -2.25. The average molecular weight is 468 g/mol. The lowest BCUT2D eigenvalue weighted by Crippen LogP contribution is -2.32. The Morgan fingerprint density at radius 1 is 1.09 bits per heavy atom. The van der Waals surface area contributed by atoms with Crippen molar-refractivity contribution in [2.24, 2.45) is 0 Å². The highest BCUT2D eigenvalue weighted by Crippen LogP contribution is 2.41. The zero-order chi connectivity index (χ0) is 24.1. The van der Waals surface area contributed by atoms with E-state index in [1.807, 2.05) is 24.3 Å². The van der Waals surface area contributed by atoms with Gasteiger partial charge in [-0.05, 0) is 42.3 Å². The van der Waals surface area contributed by atoms with E-state index in [0.29, 0.717) is 48.2 Å². The number of aliphatic hydroxyl groups excluding tert-OH is 1. The molecule has 0 saturated carbocycles. The average Bonchev–Trinajstić information content (AvgIpc) is 3.12. The fourth-order valence-electron chi connectivity index (χ4n) is 4.10. The van der Waals surface area contributed by atoms with Crippen molar-refractivity contribution in [3.63, 3.8) is 0 Å². The molecule has 8 heteroatoms. The normalized spacial score (nSPS) is 18.9. The first kappa shape index (κ1) is 23.6. The predicted octanol–water partition coefficient (Wildman–Crippen LogP) is 3.70. The molecule has 8 nitrogen and oxygen atoms in total. The summed E-state index contributed by atoms with van der Waals surface area (Å²) in [6.07, 6.45) is 1.92. The highest BCUT2D eigenvalue weighted by atomic mass is 16.6. The second kappa shape index (κ2) is 10.6. The highest BCUT2D eigenvalue weighted by Gasteiger charge is 2.46. The van der Waals surface area contributed by atoms with Crippen molar-refractivity contribution in [3.05, 3.63) is 59.2 Å². The summed E-state index contributed by atoms with van der Waals surface area (Å²) in [4.78, 5) is 27.5. The van der Waals surface area contributed by atoms with Crippen LogP contribution < -0.4 is 14.2 Å². The third-order valence-electron chi connectivity index (χ3n) is 5.83. The Kier molecular flexibility index (Phi) is 7.37. The van der Waals surface area contributed by atoms with Gasteiger partial charge in [0.1, 0.15) is 24.7 Å². The number of hydrogen-bond donors (Lipinski definition) is 1. The fourth-order valence-corrected chi connectivity index (χ4v) is 4.10. The number of methoxy groups -OCH3 is 1. The van der Waals surface area contributed by atoms with Gasteiger partial charge in [0.2, 0.25) is 0 Å². The lowest BCUT2D eigenvalue weighted by molar-refractivity contribution is -0.140. The third kappa shape index (κ3) is 4.72. The number of Topliss-reactive ketones (excluding diaryl/α,β-unsaturated/α-hetero) is 1. The van der Waals surface area contributed by atoms with Gasteiger partial charge in [0.25, 0.3) is 11.7 Å². The molecule has 1 N–H and O–H groups in total. The third-order valence-corrected chi connectivity index (χ3v) is 5.83.